The molecular formula is C11H11F3N2. The molecule has 0 unspecified atom stereocenters. The summed E-state index contributed by atoms with van der Waals surface area (Å²) < 4.78 is 37.0. The van der Waals surface area contributed by atoms with Crippen LogP contribution in [0.2, 0.25) is 0 Å². The van der Waals surface area contributed by atoms with Crippen molar-refractivity contribution in [3.05, 3.63) is 23.9 Å². The van der Waals surface area contributed by atoms with E-state index in [0.717, 1.165) is 18.3 Å². The summed E-state index contributed by atoms with van der Waals surface area (Å²) in [6.45, 7) is 2.19. The van der Waals surface area contributed by atoms with Crippen molar-refractivity contribution in [2.75, 3.05) is 11.9 Å². The average molecular weight is 228 g/mol. The predicted octanol–water partition coefficient (Wildman–Crippen LogP) is 2.93. The number of hydrogen-bond donors (Lipinski definition) is 1. The Morgan fingerprint density at radius 2 is 2.19 bits per heavy atom. The summed E-state index contributed by atoms with van der Waals surface area (Å²) in [5.41, 5.74) is -0.702. The topological polar surface area (TPSA) is 24.9 Å². The third-order valence-corrected chi connectivity index (χ3v) is 1.82. The minimum atomic E-state index is -4.33. The van der Waals surface area contributed by atoms with Crippen LogP contribution in [-0.2, 0) is 6.18 Å². The molecule has 0 spiro atoms. The van der Waals surface area contributed by atoms with Crippen molar-refractivity contribution >= 4 is 5.82 Å². The quantitative estimate of drug-likeness (QED) is 0.635. The van der Waals surface area contributed by atoms with Crippen molar-refractivity contribution in [1.29, 1.82) is 0 Å². The first kappa shape index (κ1) is 12.4. The summed E-state index contributed by atoms with van der Waals surface area (Å²) in [7, 11) is 0. The molecule has 0 bridgehead atoms. The lowest BCUT2D eigenvalue weighted by atomic mass is 10.2. The molecule has 1 heterocycles. The fourth-order valence-corrected chi connectivity index (χ4v) is 1.08. The van der Waals surface area contributed by atoms with Gasteiger partial charge in [0.25, 0.3) is 0 Å². The van der Waals surface area contributed by atoms with Crippen LogP contribution in [0.15, 0.2) is 18.3 Å². The molecule has 0 radical (unpaired) electrons. The van der Waals surface area contributed by atoms with Crippen LogP contribution in [0.4, 0.5) is 19.0 Å². The highest BCUT2D eigenvalue weighted by Crippen LogP contribution is 2.29. The predicted molar refractivity (Wildman–Crippen MR) is 55.8 cm³/mol. The normalized spacial score (nSPS) is 10.5. The Morgan fingerprint density at radius 3 is 2.81 bits per heavy atom. The highest BCUT2D eigenvalue weighted by atomic mass is 19.4. The zero-order chi connectivity index (χ0) is 12.0. The second kappa shape index (κ2) is 5.40. The van der Waals surface area contributed by atoms with E-state index in [1.165, 1.54) is 0 Å². The number of halogens is 3. The second-order valence-corrected chi connectivity index (χ2v) is 3.03. The summed E-state index contributed by atoms with van der Waals surface area (Å²) >= 11 is 0. The van der Waals surface area contributed by atoms with E-state index in [1.807, 2.05) is 0 Å². The molecule has 86 valence electrons. The Balaban J connectivity index is 2.63. The third kappa shape index (κ3) is 3.81. The van der Waals surface area contributed by atoms with Crippen LogP contribution >= 0.6 is 0 Å². The zero-order valence-electron chi connectivity index (χ0n) is 8.73. The Bertz CT molecular complexity index is 402. The molecule has 0 atom stereocenters. The molecule has 1 aromatic heterocycles. The van der Waals surface area contributed by atoms with Gasteiger partial charge in [0.1, 0.15) is 5.82 Å². The monoisotopic (exact) mass is 228 g/mol. The smallest absolute Gasteiger partial charge is 0.369 e. The Labute approximate surface area is 91.9 Å². The second-order valence-electron chi connectivity index (χ2n) is 3.03. The summed E-state index contributed by atoms with van der Waals surface area (Å²) in [4.78, 5) is 3.79. The van der Waals surface area contributed by atoms with E-state index in [2.05, 4.69) is 22.1 Å². The number of rotatable bonds is 3. The van der Waals surface area contributed by atoms with Gasteiger partial charge >= 0.3 is 6.18 Å². The van der Waals surface area contributed by atoms with Gasteiger partial charge in [0.2, 0.25) is 0 Å². The summed E-state index contributed by atoms with van der Waals surface area (Å²) in [5, 5.41) is 2.78. The highest BCUT2D eigenvalue weighted by Gasteiger charge is 2.30. The van der Waals surface area contributed by atoms with Crippen LogP contribution in [0.5, 0.6) is 0 Å². The maximum Gasteiger partial charge on any atom is 0.416 e. The lowest BCUT2D eigenvalue weighted by Crippen LogP contribution is -2.08. The van der Waals surface area contributed by atoms with E-state index in [1.54, 1.807) is 6.92 Å². The minimum Gasteiger partial charge on any atom is -0.369 e. The lowest BCUT2D eigenvalue weighted by Gasteiger charge is -2.08. The number of nitrogens with one attached hydrogen (secondary N) is 1. The Kier molecular flexibility index (Phi) is 4.18. The van der Waals surface area contributed by atoms with E-state index >= 15 is 0 Å². The molecule has 16 heavy (non-hydrogen) atoms. The van der Waals surface area contributed by atoms with Gasteiger partial charge in [0.05, 0.1) is 5.56 Å². The molecule has 2 nitrogen and oxygen atoms in total. The van der Waals surface area contributed by atoms with Gasteiger partial charge in [-0.15, -0.1) is 11.8 Å². The van der Waals surface area contributed by atoms with Gasteiger partial charge in [-0.25, -0.2) is 4.98 Å². The lowest BCUT2D eigenvalue weighted by molar-refractivity contribution is -0.137. The maximum absolute atomic E-state index is 12.3. The summed E-state index contributed by atoms with van der Waals surface area (Å²) in [5.74, 6) is 5.72. The molecular weight excluding hydrogens is 217 g/mol. The van der Waals surface area contributed by atoms with Gasteiger partial charge in [-0.05, 0) is 19.1 Å². The van der Waals surface area contributed by atoms with E-state index in [9.17, 15) is 13.2 Å². The molecule has 5 heteroatoms. The van der Waals surface area contributed by atoms with E-state index in [-0.39, 0.29) is 5.82 Å². The molecule has 0 amide bonds. The van der Waals surface area contributed by atoms with Crippen molar-refractivity contribution in [2.45, 2.75) is 19.5 Å². The van der Waals surface area contributed by atoms with Crippen molar-refractivity contribution in [1.82, 2.24) is 4.98 Å². The first-order chi connectivity index (χ1) is 7.54. The van der Waals surface area contributed by atoms with Gasteiger partial charge < -0.3 is 5.32 Å². The van der Waals surface area contributed by atoms with Crippen LogP contribution in [0.3, 0.4) is 0 Å². The van der Waals surface area contributed by atoms with Crippen LogP contribution in [-0.4, -0.2) is 11.5 Å². The molecule has 0 aliphatic rings. The van der Waals surface area contributed by atoms with Gasteiger partial charge in [0, 0.05) is 19.2 Å². The van der Waals surface area contributed by atoms with Crippen molar-refractivity contribution < 1.29 is 13.2 Å². The van der Waals surface area contributed by atoms with E-state index in [0.29, 0.717) is 13.0 Å². The summed E-state index contributed by atoms with van der Waals surface area (Å²) in [6.07, 6.45) is -2.62. The van der Waals surface area contributed by atoms with Crippen LogP contribution in [0.25, 0.3) is 0 Å². The molecule has 0 aromatic carbocycles. The number of anilines is 1. The number of alkyl halides is 3. The van der Waals surface area contributed by atoms with Crippen molar-refractivity contribution in [3.63, 3.8) is 0 Å². The summed E-state index contributed by atoms with van der Waals surface area (Å²) in [6, 6.07) is 1.93. The first-order valence-corrected chi connectivity index (χ1v) is 4.71. The minimum absolute atomic E-state index is 0.215. The number of pyridine rings is 1. The third-order valence-electron chi connectivity index (χ3n) is 1.82. The average Bonchev–Trinajstić information content (AvgIpc) is 2.24. The largest absolute Gasteiger partial charge is 0.416 e. The van der Waals surface area contributed by atoms with Crippen molar-refractivity contribution in [3.8, 4) is 11.8 Å². The molecule has 0 fully saturated rings. The first-order valence-electron chi connectivity index (χ1n) is 4.71. The molecule has 1 rings (SSSR count). The molecule has 0 saturated heterocycles. The van der Waals surface area contributed by atoms with E-state index < -0.39 is 11.7 Å². The van der Waals surface area contributed by atoms with Crippen molar-refractivity contribution in [2.24, 2.45) is 0 Å². The molecule has 0 saturated carbocycles. The molecule has 1 aromatic rings. The fraction of sp³-hybridized carbons (Fsp3) is 0.364. The zero-order valence-corrected chi connectivity index (χ0v) is 8.73. The maximum atomic E-state index is 12.3. The molecule has 1 N–H and O–H groups in total. The van der Waals surface area contributed by atoms with Gasteiger partial charge in [-0.3, -0.25) is 0 Å². The number of nitrogens with zero attached hydrogens (tertiary/aromatic N) is 1. The van der Waals surface area contributed by atoms with Gasteiger partial charge in [-0.1, -0.05) is 0 Å². The Hall–Kier alpha value is -1.70. The highest BCUT2D eigenvalue weighted by molar-refractivity contribution is 5.38. The molecule has 0 aliphatic heterocycles. The SMILES string of the molecule is CC#CCCNc1cc(C(F)(F)F)ccn1. The van der Waals surface area contributed by atoms with Crippen LogP contribution < -0.4 is 5.32 Å². The van der Waals surface area contributed by atoms with Gasteiger partial charge in [0.15, 0.2) is 0 Å². The van der Waals surface area contributed by atoms with Crippen LogP contribution in [0.1, 0.15) is 18.9 Å². The fourth-order valence-electron chi connectivity index (χ4n) is 1.08. The standard InChI is InChI=1S/C11H11F3N2/c1-2-3-4-6-15-10-8-9(5-7-16-10)11(12,13)14/h5,7-8H,4,6H2,1H3,(H,15,16). The Morgan fingerprint density at radius 1 is 1.44 bits per heavy atom. The number of aromatic nitrogens is 1. The van der Waals surface area contributed by atoms with Crippen LogP contribution in [0, 0.1) is 11.8 Å². The number of hydrogen-bond acceptors (Lipinski definition) is 2. The van der Waals surface area contributed by atoms with E-state index in [4.69, 9.17) is 0 Å². The van der Waals surface area contributed by atoms with Gasteiger partial charge in [-0.2, -0.15) is 13.2 Å². The molecule has 0 aliphatic carbocycles.